The van der Waals surface area contributed by atoms with Crippen LogP contribution in [0.15, 0.2) is 18.3 Å². The SMILES string of the molecule is CCC(CC)COC(=O)Cc1ccc(N)cn1. The van der Waals surface area contributed by atoms with Gasteiger partial charge in [-0.1, -0.05) is 26.7 Å². The third-order valence-corrected chi connectivity index (χ3v) is 2.81. The number of nitrogens with two attached hydrogens (primary N) is 1. The maximum atomic E-state index is 11.5. The van der Waals surface area contributed by atoms with Crippen molar-refractivity contribution >= 4 is 11.7 Å². The fourth-order valence-electron chi connectivity index (χ4n) is 1.47. The molecule has 1 aromatic rings. The summed E-state index contributed by atoms with van der Waals surface area (Å²) in [5, 5.41) is 0. The Balaban J connectivity index is 2.37. The zero-order chi connectivity index (χ0) is 12.7. The summed E-state index contributed by atoms with van der Waals surface area (Å²) in [5.41, 5.74) is 6.80. The average Bonchev–Trinajstić information content (AvgIpc) is 2.33. The lowest BCUT2D eigenvalue weighted by Gasteiger charge is -2.12. The number of anilines is 1. The van der Waals surface area contributed by atoms with E-state index in [0.29, 0.717) is 23.9 Å². The smallest absolute Gasteiger partial charge is 0.311 e. The summed E-state index contributed by atoms with van der Waals surface area (Å²) in [6, 6.07) is 3.48. The molecule has 2 N–H and O–H groups in total. The number of rotatable bonds is 6. The van der Waals surface area contributed by atoms with Gasteiger partial charge >= 0.3 is 5.97 Å². The molecule has 17 heavy (non-hydrogen) atoms. The largest absolute Gasteiger partial charge is 0.465 e. The third kappa shape index (κ3) is 4.85. The maximum Gasteiger partial charge on any atom is 0.311 e. The molecule has 0 aliphatic heterocycles. The Kier molecular flexibility index (Phi) is 5.46. The van der Waals surface area contributed by atoms with Gasteiger partial charge in [-0.2, -0.15) is 0 Å². The van der Waals surface area contributed by atoms with Gasteiger partial charge in [0.25, 0.3) is 0 Å². The average molecular weight is 236 g/mol. The molecular formula is C13H20N2O2. The number of hydrogen-bond donors (Lipinski definition) is 1. The highest BCUT2D eigenvalue weighted by Gasteiger charge is 2.09. The van der Waals surface area contributed by atoms with E-state index >= 15 is 0 Å². The van der Waals surface area contributed by atoms with Crippen LogP contribution < -0.4 is 5.73 Å². The Hall–Kier alpha value is -1.58. The minimum absolute atomic E-state index is 0.209. The normalized spacial score (nSPS) is 10.5. The van der Waals surface area contributed by atoms with Gasteiger partial charge in [0.1, 0.15) is 0 Å². The molecule has 1 aromatic heterocycles. The molecule has 0 radical (unpaired) electrons. The molecular weight excluding hydrogens is 216 g/mol. The van der Waals surface area contributed by atoms with Crippen LogP contribution in [0, 0.1) is 5.92 Å². The lowest BCUT2D eigenvalue weighted by molar-refractivity contribution is -0.144. The van der Waals surface area contributed by atoms with E-state index in [2.05, 4.69) is 18.8 Å². The number of nitrogens with zero attached hydrogens (tertiary/aromatic N) is 1. The van der Waals surface area contributed by atoms with Gasteiger partial charge in [-0.25, -0.2) is 0 Å². The highest BCUT2D eigenvalue weighted by atomic mass is 16.5. The van der Waals surface area contributed by atoms with Crippen molar-refractivity contribution in [2.24, 2.45) is 5.92 Å². The number of hydrogen-bond acceptors (Lipinski definition) is 4. The quantitative estimate of drug-likeness (QED) is 0.769. The molecule has 94 valence electrons. The van der Waals surface area contributed by atoms with E-state index in [4.69, 9.17) is 10.5 Å². The van der Waals surface area contributed by atoms with Crippen LogP contribution in [0.4, 0.5) is 5.69 Å². The van der Waals surface area contributed by atoms with E-state index in [9.17, 15) is 4.79 Å². The lowest BCUT2D eigenvalue weighted by Crippen LogP contribution is -2.15. The van der Waals surface area contributed by atoms with E-state index in [1.807, 2.05) is 0 Å². The van der Waals surface area contributed by atoms with Crippen molar-refractivity contribution in [2.75, 3.05) is 12.3 Å². The van der Waals surface area contributed by atoms with Crippen molar-refractivity contribution in [3.05, 3.63) is 24.0 Å². The van der Waals surface area contributed by atoms with Crippen LogP contribution in [-0.4, -0.2) is 17.6 Å². The predicted octanol–water partition coefficient (Wildman–Crippen LogP) is 2.19. The number of nitrogen functional groups attached to an aromatic ring is 1. The fraction of sp³-hybridized carbons (Fsp3) is 0.538. The van der Waals surface area contributed by atoms with Gasteiger partial charge in [0.05, 0.1) is 30.6 Å². The van der Waals surface area contributed by atoms with E-state index < -0.39 is 0 Å². The maximum absolute atomic E-state index is 11.5. The monoisotopic (exact) mass is 236 g/mol. The number of carbonyl (C=O) groups is 1. The first kappa shape index (κ1) is 13.5. The number of ether oxygens (including phenoxy) is 1. The van der Waals surface area contributed by atoms with Gasteiger partial charge < -0.3 is 10.5 Å². The molecule has 0 fully saturated rings. The molecule has 0 saturated heterocycles. The lowest BCUT2D eigenvalue weighted by atomic mass is 10.1. The Morgan fingerprint density at radius 3 is 2.65 bits per heavy atom. The molecule has 0 aliphatic rings. The van der Waals surface area contributed by atoms with Crippen LogP contribution in [0.2, 0.25) is 0 Å². The van der Waals surface area contributed by atoms with Crippen LogP contribution in [0.25, 0.3) is 0 Å². The molecule has 0 saturated carbocycles. The van der Waals surface area contributed by atoms with Gasteiger partial charge in [-0.05, 0) is 18.1 Å². The molecule has 0 aromatic carbocycles. The highest BCUT2D eigenvalue weighted by molar-refractivity contribution is 5.72. The molecule has 0 bridgehead atoms. The second-order valence-electron chi connectivity index (χ2n) is 4.13. The Morgan fingerprint density at radius 2 is 2.12 bits per heavy atom. The summed E-state index contributed by atoms with van der Waals surface area (Å²) in [6.07, 6.45) is 3.82. The third-order valence-electron chi connectivity index (χ3n) is 2.81. The topological polar surface area (TPSA) is 65.2 Å². The molecule has 0 amide bonds. The van der Waals surface area contributed by atoms with Gasteiger partial charge in [0, 0.05) is 0 Å². The summed E-state index contributed by atoms with van der Waals surface area (Å²) in [5.74, 6) is 0.229. The zero-order valence-electron chi connectivity index (χ0n) is 10.5. The fourth-order valence-corrected chi connectivity index (χ4v) is 1.47. The summed E-state index contributed by atoms with van der Waals surface area (Å²) in [6.45, 7) is 4.70. The van der Waals surface area contributed by atoms with Crippen molar-refractivity contribution in [1.82, 2.24) is 4.98 Å². The first-order chi connectivity index (χ1) is 8.15. The number of carbonyl (C=O) groups excluding carboxylic acids is 1. The molecule has 4 nitrogen and oxygen atoms in total. The van der Waals surface area contributed by atoms with Gasteiger partial charge in [-0.3, -0.25) is 9.78 Å². The van der Waals surface area contributed by atoms with Crippen LogP contribution >= 0.6 is 0 Å². The van der Waals surface area contributed by atoms with Gasteiger partial charge in [0.15, 0.2) is 0 Å². The van der Waals surface area contributed by atoms with E-state index in [0.717, 1.165) is 12.8 Å². The Bertz CT molecular complexity index is 345. The van der Waals surface area contributed by atoms with E-state index in [1.54, 1.807) is 18.3 Å². The minimum atomic E-state index is -0.228. The van der Waals surface area contributed by atoms with Gasteiger partial charge in [0.2, 0.25) is 0 Å². The van der Waals surface area contributed by atoms with Crippen molar-refractivity contribution in [2.45, 2.75) is 33.1 Å². The standard InChI is InChI=1S/C13H20N2O2/c1-3-10(4-2)9-17-13(16)7-12-6-5-11(14)8-15-12/h5-6,8,10H,3-4,7,9,14H2,1-2H3. The number of esters is 1. The number of aromatic nitrogens is 1. The summed E-state index contributed by atoms with van der Waals surface area (Å²) in [7, 11) is 0. The predicted molar refractivity (Wildman–Crippen MR) is 67.4 cm³/mol. The van der Waals surface area contributed by atoms with Crippen molar-refractivity contribution in [3.8, 4) is 0 Å². The Labute approximate surface area is 102 Å². The van der Waals surface area contributed by atoms with E-state index in [1.165, 1.54) is 0 Å². The van der Waals surface area contributed by atoms with Crippen LogP contribution in [-0.2, 0) is 16.0 Å². The first-order valence-electron chi connectivity index (χ1n) is 6.01. The van der Waals surface area contributed by atoms with Crippen LogP contribution in [0.5, 0.6) is 0 Å². The van der Waals surface area contributed by atoms with E-state index in [-0.39, 0.29) is 12.4 Å². The summed E-state index contributed by atoms with van der Waals surface area (Å²) in [4.78, 5) is 15.6. The molecule has 0 atom stereocenters. The Morgan fingerprint density at radius 1 is 1.41 bits per heavy atom. The minimum Gasteiger partial charge on any atom is -0.465 e. The molecule has 1 rings (SSSR count). The molecule has 0 unspecified atom stereocenters. The van der Waals surface area contributed by atoms with Crippen molar-refractivity contribution in [3.63, 3.8) is 0 Å². The molecule has 0 spiro atoms. The van der Waals surface area contributed by atoms with Crippen LogP contribution in [0.1, 0.15) is 32.4 Å². The second-order valence-corrected chi connectivity index (χ2v) is 4.13. The number of pyridine rings is 1. The van der Waals surface area contributed by atoms with Gasteiger partial charge in [-0.15, -0.1) is 0 Å². The zero-order valence-corrected chi connectivity index (χ0v) is 10.5. The molecule has 0 aliphatic carbocycles. The molecule has 4 heteroatoms. The second kappa shape index (κ2) is 6.89. The first-order valence-corrected chi connectivity index (χ1v) is 6.01. The van der Waals surface area contributed by atoms with Crippen LogP contribution in [0.3, 0.4) is 0 Å². The van der Waals surface area contributed by atoms with Crippen molar-refractivity contribution in [1.29, 1.82) is 0 Å². The summed E-state index contributed by atoms with van der Waals surface area (Å²) < 4.78 is 5.21. The summed E-state index contributed by atoms with van der Waals surface area (Å²) >= 11 is 0. The molecule has 1 heterocycles. The highest BCUT2D eigenvalue weighted by Crippen LogP contribution is 2.08. The van der Waals surface area contributed by atoms with Crippen molar-refractivity contribution < 1.29 is 9.53 Å².